The quantitative estimate of drug-likeness (QED) is 0.133. The molecule has 1 saturated heterocycles. The molecular weight excluding hydrogens is 522 g/mol. The van der Waals surface area contributed by atoms with Crippen LogP contribution >= 0.6 is 12.2 Å². The summed E-state index contributed by atoms with van der Waals surface area (Å²) in [6.07, 6.45) is 3.67. The summed E-state index contributed by atoms with van der Waals surface area (Å²) < 4.78 is 8.08. The molecule has 9 heteroatoms. The van der Waals surface area contributed by atoms with Gasteiger partial charge in [0.15, 0.2) is 5.11 Å². The van der Waals surface area contributed by atoms with Crippen molar-refractivity contribution in [3.8, 4) is 17.2 Å². The smallest absolute Gasteiger partial charge is 0.271 e. The zero-order valence-corrected chi connectivity index (χ0v) is 22.4. The summed E-state index contributed by atoms with van der Waals surface area (Å²) in [6, 6.07) is 31.5. The van der Waals surface area contributed by atoms with Crippen molar-refractivity contribution in [1.29, 1.82) is 0 Å². The second-order valence-corrected chi connectivity index (χ2v) is 9.82. The molecule has 40 heavy (non-hydrogen) atoms. The lowest BCUT2D eigenvalue weighted by Crippen LogP contribution is -2.30. The average molecular weight is 548 g/mol. The summed E-state index contributed by atoms with van der Waals surface area (Å²) in [7, 11) is 0. The number of hydrogen-bond acceptors (Lipinski definition) is 5. The van der Waals surface area contributed by atoms with Crippen LogP contribution in [0.2, 0.25) is 0 Å². The molecule has 2 aromatic heterocycles. The Kier molecular flexibility index (Phi) is 6.71. The number of nitrogens with one attached hydrogen (secondary N) is 1. The van der Waals surface area contributed by atoms with Crippen LogP contribution in [0.1, 0.15) is 29.0 Å². The van der Waals surface area contributed by atoms with Gasteiger partial charge in [0, 0.05) is 35.9 Å². The third-order valence-electron chi connectivity index (χ3n) is 6.94. The van der Waals surface area contributed by atoms with Gasteiger partial charge in [-0.25, -0.2) is 0 Å². The number of rotatable bonds is 7. The Hall–Kier alpha value is -5.02. The number of non-ortho nitro benzene ring substituents is 1. The second kappa shape index (κ2) is 10.6. The van der Waals surface area contributed by atoms with E-state index in [1.165, 1.54) is 6.07 Å². The highest BCUT2D eigenvalue weighted by atomic mass is 32.1. The standard InChI is InChI=1S/C31H25N5O3S/c1-21-8-2-3-13-28(21)39-25-16-14-22(15-17-25)35-30(29(33-31(35)40)26-11-4-5-18-32-26)27-12-7-19-34(27)23-9-6-10-24(20-23)36(37)38/h2-20,29-30H,1H3,(H,33,40)/t29-,30+/m0/s1. The van der Waals surface area contributed by atoms with E-state index in [0.29, 0.717) is 16.5 Å². The molecule has 0 unspecified atom stereocenters. The molecular formula is C31H25N5O3S. The van der Waals surface area contributed by atoms with Gasteiger partial charge < -0.3 is 19.5 Å². The van der Waals surface area contributed by atoms with Crippen molar-refractivity contribution in [3.63, 3.8) is 0 Å². The van der Waals surface area contributed by atoms with Crippen LogP contribution in [0.4, 0.5) is 11.4 Å². The third kappa shape index (κ3) is 4.78. The van der Waals surface area contributed by atoms with Gasteiger partial charge in [0.2, 0.25) is 0 Å². The summed E-state index contributed by atoms with van der Waals surface area (Å²) in [5, 5.41) is 15.5. The molecule has 3 aromatic carbocycles. The minimum Gasteiger partial charge on any atom is -0.457 e. The minimum absolute atomic E-state index is 0.0274. The lowest BCUT2D eigenvalue weighted by Gasteiger charge is -2.29. The maximum absolute atomic E-state index is 11.5. The molecule has 8 nitrogen and oxygen atoms in total. The summed E-state index contributed by atoms with van der Waals surface area (Å²) in [5.74, 6) is 1.52. The Morgan fingerprint density at radius 3 is 2.48 bits per heavy atom. The Morgan fingerprint density at radius 2 is 1.73 bits per heavy atom. The zero-order chi connectivity index (χ0) is 27.6. The van der Waals surface area contributed by atoms with E-state index in [-0.39, 0.29) is 22.7 Å². The van der Waals surface area contributed by atoms with Gasteiger partial charge in [-0.1, -0.05) is 30.3 Å². The monoisotopic (exact) mass is 547 g/mol. The van der Waals surface area contributed by atoms with E-state index in [4.69, 9.17) is 17.0 Å². The van der Waals surface area contributed by atoms with E-state index in [9.17, 15) is 10.1 Å². The molecule has 0 bridgehead atoms. The topological polar surface area (TPSA) is 85.5 Å². The predicted molar refractivity (Wildman–Crippen MR) is 158 cm³/mol. The molecule has 1 N–H and O–H groups in total. The van der Waals surface area contributed by atoms with Crippen molar-refractivity contribution in [3.05, 3.63) is 143 Å². The van der Waals surface area contributed by atoms with E-state index in [1.807, 2.05) is 103 Å². The van der Waals surface area contributed by atoms with Crippen LogP contribution in [-0.4, -0.2) is 19.6 Å². The number of nitro groups is 1. The van der Waals surface area contributed by atoms with E-state index in [0.717, 1.165) is 28.4 Å². The van der Waals surface area contributed by atoms with Crippen molar-refractivity contribution in [2.24, 2.45) is 0 Å². The van der Waals surface area contributed by atoms with Gasteiger partial charge in [-0.3, -0.25) is 15.1 Å². The molecule has 198 valence electrons. The number of hydrogen-bond donors (Lipinski definition) is 1. The fourth-order valence-electron chi connectivity index (χ4n) is 5.03. The zero-order valence-electron chi connectivity index (χ0n) is 21.5. The van der Waals surface area contributed by atoms with Crippen LogP contribution < -0.4 is 15.0 Å². The van der Waals surface area contributed by atoms with Crippen molar-refractivity contribution in [2.45, 2.75) is 19.0 Å². The number of ether oxygens (including phenoxy) is 1. The number of nitrogens with zero attached hydrogens (tertiary/aromatic N) is 4. The van der Waals surface area contributed by atoms with Gasteiger partial charge in [-0.05, 0) is 85.4 Å². The van der Waals surface area contributed by atoms with Gasteiger partial charge in [-0.2, -0.15) is 0 Å². The Balaban J connectivity index is 1.41. The number of para-hydroxylation sites is 1. The first-order valence-corrected chi connectivity index (χ1v) is 13.2. The Morgan fingerprint density at radius 1 is 0.925 bits per heavy atom. The molecule has 2 atom stereocenters. The first-order valence-electron chi connectivity index (χ1n) is 12.8. The first kappa shape index (κ1) is 25.3. The molecule has 0 aliphatic carbocycles. The van der Waals surface area contributed by atoms with Gasteiger partial charge in [0.1, 0.15) is 17.5 Å². The summed E-state index contributed by atoms with van der Waals surface area (Å²) in [5.41, 5.74) is 4.39. The molecule has 5 aromatic rings. The Labute approximate surface area is 236 Å². The van der Waals surface area contributed by atoms with E-state index < -0.39 is 0 Å². The van der Waals surface area contributed by atoms with E-state index in [1.54, 1.807) is 18.3 Å². The molecule has 0 saturated carbocycles. The number of anilines is 1. The normalized spacial score (nSPS) is 16.5. The SMILES string of the molecule is Cc1ccccc1Oc1ccc(N2C(=S)N[C@@H](c3ccccn3)[C@H]2c2cccn2-c2cccc([N+](=O)[O-])c2)cc1. The van der Waals surface area contributed by atoms with Crippen molar-refractivity contribution < 1.29 is 9.66 Å². The average Bonchev–Trinajstić information content (AvgIpc) is 3.60. The highest BCUT2D eigenvalue weighted by Crippen LogP contribution is 2.43. The summed E-state index contributed by atoms with van der Waals surface area (Å²) in [6.45, 7) is 2.01. The fourth-order valence-corrected chi connectivity index (χ4v) is 5.38. The van der Waals surface area contributed by atoms with E-state index in [2.05, 4.69) is 15.2 Å². The number of thiocarbonyl (C=S) groups is 1. The van der Waals surface area contributed by atoms with Crippen LogP contribution in [0.3, 0.4) is 0 Å². The number of pyridine rings is 1. The Bertz CT molecular complexity index is 1690. The molecule has 6 rings (SSSR count). The molecule has 1 fully saturated rings. The lowest BCUT2D eigenvalue weighted by molar-refractivity contribution is -0.384. The molecule has 0 spiro atoms. The highest BCUT2D eigenvalue weighted by Gasteiger charge is 2.42. The predicted octanol–water partition coefficient (Wildman–Crippen LogP) is 7.06. The number of aromatic nitrogens is 2. The van der Waals surface area contributed by atoms with Crippen LogP contribution in [0, 0.1) is 17.0 Å². The lowest BCUT2D eigenvalue weighted by atomic mass is 10.0. The van der Waals surface area contributed by atoms with Gasteiger partial charge >= 0.3 is 0 Å². The summed E-state index contributed by atoms with van der Waals surface area (Å²) in [4.78, 5) is 17.8. The molecule has 1 aliphatic rings. The van der Waals surface area contributed by atoms with Gasteiger partial charge in [-0.15, -0.1) is 0 Å². The fraction of sp³-hybridized carbons (Fsp3) is 0.0968. The maximum atomic E-state index is 11.5. The van der Waals surface area contributed by atoms with Crippen LogP contribution in [0.15, 0.2) is 116 Å². The molecule has 0 radical (unpaired) electrons. The van der Waals surface area contributed by atoms with Crippen LogP contribution in [0.5, 0.6) is 11.5 Å². The van der Waals surface area contributed by atoms with Gasteiger partial charge in [0.05, 0.1) is 22.3 Å². The number of aryl methyl sites for hydroxylation is 1. The minimum atomic E-state index is -0.386. The van der Waals surface area contributed by atoms with Crippen LogP contribution in [0.25, 0.3) is 5.69 Å². The second-order valence-electron chi connectivity index (χ2n) is 9.44. The van der Waals surface area contributed by atoms with Gasteiger partial charge in [0.25, 0.3) is 5.69 Å². The number of nitro benzene ring substituents is 1. The molecule has 1 aliphatic heterocycles. The van der Waals surface area contributed by atoms with Crippen LogP contribution in [-0.2, 0) is 0 Å². The highest BCUT2D eigenvalue weighted by molar-refractivity contribution is 7.80. The molecule has 3 heterocycles. The maximum Gasteiger partial charge on any atom is 0.271 e. The third-order valence-corrected chi connectivity index (χ3v) is 7.25. The molecule has 0 amide bonds. The summed E-state index contributed by atoms with van der Waals surface area (Å²) >= 11 is 5.88. The first-order chi connectivity index (χ1) is 19.5. The van der Waals surface area contributed by atoms with E-state index >= 15 is 0 Å². The van der Waals surface area contributed by atoms with Crippen molar-refractivity contribution >= 4 is 28.7 Å². The van der Waals surface area contributed by atoms with Crippen molar-refractivity contribution in [1.82, 2.24) is 14.9 Å². The largest absolute Gasteiger partial charge is 0.457 e. The van der Waals surface area contributed by atoms with Crippen molar-refractivity contribution in [2.75, 3.05) is 4.90 Å². The number of benzene rings is 3.